The average Bonchev–Trinajstić information content (AvgIpc) is 2.84. The van der Waals surface area contributed by atoms with E-state index in [2.05, 4.69) is 15.2 Å². The van der Waals surface area contributed by atoms with E-state index in [1.807, 2.05) is 6.07 Å². The highest BCUT2D eigenvalue weighted by atomic mass is 35.5. The Morgan fingerprint density at radius 1 is 1.11 bits per heavy atom. The summed E-state index contributed by atoms with van der Waals surface area (Å²) in [6.07, 6.45) is 5.11. The molecule has 192 valence electrons. The molecule has 36 heavy (non-hydrogen) atoms. The molecule has 1 aliphatic heterocycles. The Morgan fingerprint density at radius 2 is 1.86 bits per heavy atom. The zero-order valence-electron chi connectivity index (χ0n) is 19.7. The number of ether oxygens (including phenoxy) is 1. The van der Waals surface area contributed by atoms with Gasteiger partial charge >= 0.3 is 0 Å². The molecule has 0 radical (unpaired) electrons. The number of piperidine rings is 1. The molecule has 2 heterocycles. The van der Waals surface area contributed by atoms with Gasteiger partial charge in [0.15, 0.2) is 9.84 Å². The minimum Gasteiger partial charge on any atom is -0.490 e. The number of carbonyl (C=O) groups excluding carboxylic acids is 1. The van der Waals surface area contributed by atoms with Crippen LogP contribution in [0.15, 0.2) is 52.3 Å². The number of sulfone groups is 1. The molecule has 0 bridgehead atoms. The predicted molar refractivity (Wildman–Crippen MR) is 141 cm³/mol. The van der Waals surface area contributed by atoms with Crippen LogP contribution in [0, 0.1) is 0 Å². The highest BCUT2D eigenvalue weighted by molar-refractivity contribution is 7.90. The van der Waals surface area contributed by atoms with E-state index in [0.29, 0.717) is 33.3 Å². The largest absolute Gasteiger partial charge is 0.490 e. The van der Waals surface area contributed by atoms with Crippen molar-refractivity contribution >= 4 is 49.7 Å². The number of pyridine rings is 1. The molecule has 1 aromatic heterocycles. The van der Waals surface area contributed by atoms with E-state index in [1.165, 1.54) is 24.4 Å². The van der Waals surface area contributed by atoms with Crippen LogP contribution in [-0.2, 0) is 9.84 Å². The predicted octanol–water partition coefficient (Wildman–Crippen LogP) is 3.90. The number of benzene rings is 2. The summed E-state index contributed by atoms with van der Waals surface area (Å²) >= 11 is 12.0. The fourth-order valence-electron chi connectivity index (χ4n) is 4.25. The molecule has 0 aliphatic carbocycles. The molecule has 4 rings (SSSR count). The summed E-state index contributed by atoms with van der Waals surface area (Å²) < 4.78 is 29.7. The Bertz CT molecular complexity index is 1430. The van der Waals surface area contributed by atoms with Crippen LogP contribution >= 0.6 is 23.2 Å². The minimum atomic E-state index is -3.47. The number of hydrogen-bond donors (Lipinski definition) is 2. The van der Waals surface area contributed by atoms with Gasteiger partial charge in [-0.1, -0.05) is 29.3 Å². The maximum Gasteiger partial charge on any atom is 0.255 e. The van der Waals surface area contributed by atoms with E-state index in [0.717, 1.165) is 45.2 Å². The van der Waals surface area contributed by atoms with E-state index in [4.69, 9.17) is 27.9 Å². The second-order valence-electron chi connectivity index (χ2n) is 8.86. The number of aromatic nitrogens is 1. The van der Waals surface area contributed by atoms with Gasteiger partial charge in [-0.2, -0.15) is 0 Å². The molecule has 0 spiro atoms. The van der Waals surface area contributed by atoms with Crippen LogP contribution in [0.5, 0.6) is 5.75 Å². The second-order valence-corrected chi connectivity index (χ2v) is 11.7. The zero-order valence-corrected chi connectivity index (χ0v) is 22.0. The number of halogens is 2. The third kappa shape index (κ3) is 6.39. The lowest BCUT2D eigenvalue weighted by molar-refractivity contribution is 0.0936. The molecule has 11 heteroatoms. The summed E-state index contributed by atoms with van der Waals surface area (Å²) in [5.74, 6) is 0.393. The van der Waals surface area contributed by atoms with Crippen molar-refractivity contribution < 1.29 is 17.9 Å². The minimum absolute atomic E-state index is 0.0317. The van der Waals surface area contributed by atoms with Crippen LogP contribution in [0.2, 0.25) is 10.0 Å². The first-order chi connectivity index (χ1) is 17.1. The number of carbonyl (C=O) groups is 1. The van der Waals surface area contributed by atoms with Gasteiger partial charge in [-0.3, -0.25) is 9.59 Å². The summed E-state index contributed by atoms with van der Waals surface area (Å²) in [5.41, 5.74) is -0.150. The molecule has 1 fully saturated rings. The standard InChI is InChI=1S/C25H27Cl2N3O5S/c1-36(33,34)18-4-5-19-20(14-18)24(31)29-15-21(19)25(32)28-9-2-10-30-11-7-16(8-12-30)35-17-3-6-22(26)23(27)13-17/h3-6,13-16H,2,7-12H2,1H3,(H,28,32)(H,29,31). The Balaban J connectivity index is 1.26. The van der Waals surface area contributed by atoms with Gasteiger partial charge in [0.05, 0.1) is 20.5 Å². The van der Waals surface area contributed by atoms with Crippen LogP contribution in [0.3, 0.4) is 0 Å². The van der Waals surface area contributed by atoms with Crippen molar-refractivity contribution in [2.75, 3.05) is 32.4 Å². The van der Waals surface area contributed by atoms with Crippen molar-refractivity contribution in [1.29, 1.82) is 0 Å². The van der Waals surface area contributed by atoms with Crippen LogP contribution in [0.4, 0.5) is 0 Å². The number of H-pyrrole nitrogens is 1. The monoisotopic (exact) mass is 551 g/mol. The Morgan fingerprint density at radius 3 is 2.56 bits per heavy atom. The normalized spacial score (nSPS) is 15.2. The number of nitrogens with one attached hydrogen (secondary N) is 2. The summed E-state index contributed by atoms with van der Waals surface area (Å²) in [6.45, 7) is 3.10. The highest BCUT2D eigenvalue weighted by Crippen LogP contribution is 2.28. The average molecular weight is 552 g/mol. The van der Waals surface area contributed by atoms with Crippen molar-refractivity contribution in [3.05, 3.63) is 68.6 Å². The third-order valence-corrected chi connectivity index (χ3v) is 8.06. The Labute approximate surface area is 219 Å². The lowest BCUT2D eigenvalue weighted by Crippen LogP contribution is -2.39. The number of aromatic amines is 1. The fraction of sp³-hybridized carbons (Fsp3) is 0.360. The quantitative estimate of drug-likeness (QED) is 0.411. The van der Waals surface area contributed by atoms with E-state index in [9.17, 15) is 18.0 Å². The number of amides is 1. The van der Waals surface area contributed by atoms with E-state index in [1.54, 1.807) is 12.1 Å². The lowest BCUT2D eigenvalue weighted by Gasteiger charge is -2.32. The van der Waals surface area contributed by atoms with E-state index >= 15 is 0 Å². The maximum absolute atomic E-state index is 12.8. The van der Waals surface area contributed by atoms with Crippen molar-refractivity contribution in [2.24, 2.45) is 0 Å². The molecule has 0 saturated carbocycles. The zero-order chi connectivity index (χ0) is 25.9. The van der Waals surface area contributed by atoms with Crippen molar-refractivity contribution in [3.8, 4) is 5.75 Å². The summed E-state index contributed by atoms with van der Waals surface area (Å²) in [7, 11) is -3.47. The number of nitrogens with zero attached hydrogens (tertiary/aromatic N) is 1. The molecule has 8 nitrogen and oxygen atoms in total. The van der Waals surface area contributed by atoms with Crippen molar-refractivity contribution in [3.63, 3.8) is 0 Å². The van der Waals surface area contributed by atoms with E-state index < -0.39 is 15.4 Å². The van der Waals surface area contributed by atoms with Crippen molar-refractivity contribution in [2.45, 2.75) is 30.3 Å². The second kappa shape index (κ2) is 11.2. The highest BCUT2D eigenvalue weighted by Gasteiger charge is 2.21. The van der Waals surface area contributed by atoms with Gasteiger partial charge in [0.1, 0.15) is 11.9 Å². The Hall–Kier alpha value is -2.59. The van der Waals surface area contributed by atoms with Gasteiger partial charge in [-0.05, 0) is 50.1 Å². The smallest absolute Gasteiger partial charge is 0.255 e. The van der Waals surface area contributed by atoms with Gasteiger partial charge in [0.2, 0.25) is 0 Å². The molecular weight excluding hydrogens is 525 g/mol. The van der Waals surface area contributed by atoms with Crippen LogP contribution in [0.25, 0.3) is 10.8 Å². The first-order valence-corrected chi connectivity index (χ1v) is 14.2. The molecule has 3 aromatic rings. The Kier molecular flexibility index (Phi) is 8.24. The topological polar surface area (TPSA) is 109 Å². The van der Waals surface area contributed by atoms with Gasteiger partial charge in [-0.25, -0.2) is 8.42 Å². The van der Waals surface area contributed by atoms with Crippen LogP contribution < -0.4 is 15.6 Å². The van der Waals surface area contributed by atoms with E-state index in [-0.39, 0.29) is 22.3 Å². The maximum atomic E-state index is 12.8. The first kappa shape index (κ1) is 26.5. The molecule has 1 amide bonds. The molecular formula is C25H27Cl2N3O5S. The first-order valence-electron chi connectivity index (χ1n) is 11.6. The third-order valence-electron chi connectivity index (χ3n) is 6.21. The summed E-state index contributed by atoms with van der Waals surface area (Å²) in [6, 6.07) is 9.48. The molecule has 2 N–H and O–H groups in total. The van der Waals surface area contributed by atoms with Gasteiger partial charge in [-0.15, -0.1) is 0 Å². The number of hydrogen-bond acceptors (Lipinski definition) is 6. The van der Waals surface area contributed by atoms with Gasteiger partial charge in [0.25, 0.3) is 11.5 Å². The van der Waals surface area contributed by atoms with Gasteiger partial charge < -0.3 is 19.9 Å². The SMILES string of the molecule is CS(=O)(=O)c1ccc2c(C(=O)NCCCN3CCC(Oc4ccc(Cl)c(Cl)c4)CC3)c[nH]c(=O)c2c1. The van der Waals surface area contributed by atoms with Crippen LogP contribution in [0.1, 0.15) is 29.6 Å². The number of fused-ring (bicyclic) bond motifs is 1. The molecule has 1 aliphatic rings. The summed E-state index contributed by atoms with van der Waals surface area (Å²) in [5, 5.41) is 4.44. The number of likely N-dealkylation sites (tertiary alicyclic amines) is 1. The molecule has 0 unspecified atom stereocenters. The summed E-state index contributed by atoms with van der Waals surface area (Å²) in [4.78, 5) is 29.9. The van der Waals surface area contributed by atoms with Crippen molar-refractivity contribution in [1.82, 2.24) is 15.2 Å². The lowest BCUT2D eigenvalue weighted by atomic mass is 10.1. The van der Waals surface area contributed by atoms with Crippen LogP contribution in [-0.4, -0.2) is 62.7 Å². The molecule has 2 aromatic carbocycles. The fourth-order valence-corrected chi connectivity index (χ4v) is 5.19. The molecule has 1 saturated heterocycles. The molecule has 0 atom stereocenters. The van der Waals surface area contributed by atoms with Gasteiger partial charge in [0, 0.05) is 48.9 Å². The number of rotatable bonds is 8.